The largest absolute Gasteiger partial charge is 0.534 e. The van der Waals surface area contributed by atoms with Crippen LogP contribution in [0, 0.1) is 3.57 Å². The number of halogens is 14. The molecule has 1 aliphatic heterocycles. The van der Waals surface area contributed by atoms with Crippen LogP contribution in [0.25, 0.3) is 98.0 Å². The Morgan fingerprint density at radius 1 is 0.367 bits per heavy atom. The van der Waals surface area contributed by atoms with Gasteiger partial charge >= 0.3 is 54.0 Å². The van der Waals surface area contributed by atoms with Crippen LogP contribution in [0.5, 0.6) is 11.5 Å². The molecule has 0 spiro atoms. The Morgan fingerprint density at radius 2 is 0.694 bits per heavy atom. The number of aliphatic hydroxyl groups is 1. The van der Waals surface area contributed by atoms with Crippen molar-refractivity contribution >= 4 is 217 Å². The maximum absolute atomic E-state index is 12.5. The average molecular weight is 2450 g/mol. The Hall–Kier alpha value is -10.9. The summed E-state index contributed by atoms with van der Waals surface area (Å²) in [7, 11) is -20.1. The van der Waals surface area contributed by atoms with Crippen LogP contribution in [0.2, 0.25) is 0 Å². The molecule has 18 rings (SSSR count). The lowest BCUT2D eigenvalue weighted by Crippen LogP contribution is -2.41. The molecular weight excluding hydrogens is 2340 g/mol. The van der Waals surface area contributed by atoms with Gasteiger partial charge in [-0.15, -0.1) is 3.63 Å². The zero-order valence-electron chi connectivity index (χ0n) is 81.0. The monoisotopic (exact) mass is 2440 g/mol. The second-order valence-electron chi connectivity index (χ2n) is 34.9. The summed E-state index contributed by atoms with van der Waals surface area (Å²) in [5, 5.41) is 31.9. The van der Waals surface area contributed by atoms with E-state index in [1.54, 1.807) is 38.1 Å². The van der Waals surface area contributed by atoms with E-state index in [4.69, 9.17) is 14.0 Å². The van der Waals surface area contributed by atoms with Crippen LogP contribution in [0.15, 0.2) is 327 Å². The van der Waals surface area contributed by atoms with Crippen molar-refractivity contribution < 1.29 is 116 Å². The molecule has 16 aromatic rings. The molecule has 0 bridgehead atoms. The normalized spacial score (nSPS) is 13.2. The maximum Gasteiger partial charge on any atom is 0.534 e. The van der Waals surface area contributed by atoms with Gasteiger partial charge in [-0.05, 0) is 257 Å². The molecule has 0 aromatic heterocycles. The van der Waals surface area contributed by atoms with E-state index in [1.807, 2.05) is 223 Å². The van der Waals surface area contributed by atoms with Gasteiger partial charge in [0.1, 0.15) is 5.75 Å². The van der Waals surface area contributed by atoms with Gasteiger partial charge in [0, 0.05) is 78.6 Å². The molecule has 0 atom stereocenters. The molecule has 17 nitrogen and oxygen atoms in total. The Balaban J connectivity index is 0.000000187. The van der Waals surface area contributed by atoms with E-state index < -0.39 is 82.3 Å². The number of ether oxygens (including phenoxy) is 1. The second kappa shape index (κ2) is 49.7. The summed E-state index contributed by atoms with van der Waals surface area (Å²) >= 11 is 16.6. The van der Waals surface area contributed by atoms with E-state index in [9.17, 15) is 94.2 Å². The molecule has 16 aromatic carbocycles. The predicted octanol–water partition coefficient (Wildman–Crippen LogP) is 31.7. The molecular formula is C112H103BBr4F9IO17S3. The van der Waals surface area contributed by atoms with Crippen LogP contribution in [-0.2, 0) is 59.0 Å². The molecule has 1 fully saturated rings. The molecule has 0 amide bonds. The minimum atomic E-state index is -6.85. The van der Waals surface area contributed by atoms with Crippen molar-refractivity contribution in [1.82, 2.24) is 0 Å². The number of fused-ring (bicyclic) bond motifs is 10. The number of benzene rings is 16. The third-order valence-corrected chi connectivity index (χ3v) is 31.5. The van der Waals surface area contributed by atoms with Gasteiger partial charge in [-0.3, -0.25) is 19.2 Å². The molecule has 1 saturated heterocycles. The quantitative estimate of drug-likeness (QED) is 0.0256. The van der Waals surface area contributed by atoms with E-state index in [1.165, 1.54) is 82.1 Å². The third kappa shape index (κ3) is 28.6. The fraction of sp³-hybridized carbons (Fsp3) is 0.214. The summed E-state index contributed by atoms with van der Waals surface area (Å²) in [6.45, 7) is 27.8. The molecule has 0 saturated carbocycles. The van der Waals surface area contributed by atoms with Crippen LogP contribution in [0.4, 0.5) is 39.5 Å². The minimum Gasteiger partial charge on any atom is -0.507 e. The number of alkyl halides is 9. The molecule has 0 radical (unpaired) electrons. The van der Waals surface area contributed by atoms with Gasteiger partial charge in [-0.25, -0.2) is 0 Å². The van der Waals surface area contributed by atoms with Crippen LogP contribution < -0.4 is 9.65 Å². The summed E-state index contributed by atoms with van der Waals surface area (Å²) in [6, 6.07) is 100. The van der Waals surface area contributed by atoms with E-state index >= 15 is 0 Å². The summed E-state index contributed by atoms with van der Waals surface area (Å²) in [5.41, 5.74) is -6.57. The summed E-state index contributed by atoms with van der Waals surface area (Å²) in [6.07, 6.45) is 0. The van der Waals surface area contributed by atoms with Crippen molar-refractivity contribution in [3.05, 3.63) is 370 Å². The Bertz CT molecular complexity index is 7840. The first-order valence-corrected chi connectivity index (χ1v) is 53.3. The Labute approximate surface area is 896 Å². The SMILES string of the molecule is Brc1ccccc1I.C.CC(=O)c1ccc2ccccc2c1-c1ccccc1Br.CC(=O)c1ccc2ccccc2c1B1OC(C)(C)C(C)(C)O1.CC(=O)c1ccc2ccccc2c1O.CC(=O)c1ccc2ccccc2c1OS(=O)(=O)C(F)(F)F.CC(C)(O)c1ccc2ccccc2c1-c1ccccc1Br.CC1(C)c2cccc(Br)c2-c2c1ccc1ccccc21.CCOCC.O=S(=O)(OS(=O)(=O)C(F)(F)F)C(F)(F)F. The Morgan fingerprint density at radius 3 is 1.10 bits per heavy atom. The minimum absolute atomic E-state index is 0. The number of carbonyl (C=O) groups is 4. The zero-order chi connectivity index (χ0) is 108. The summed E-state index contributed by atoms with van der Waals surface area (Å²) < 4.78 is 197. The van der Waals surface area contributed by atoms with Crippen molar-refractivity contribution in [3.8, 4) is 44.9 Å². The highest BCUT2D eigenvalue weighted by Crippen LogP contribution is 2.54. The lowest BCUT2D eigenvalue weighted by atomic mass is 9.72. The number of phenols is 1. The average Bonchev–Trinajstić information content (AvgIpc) is 1.56. The second-order valence-corrected chi connectivity index (χ2v) is 44.3. The van der Waals surface area contributed by atoms with Crippen LogP contribution in [0.3, 0.4) is 0 Å². The van der Waals surface area contributed by atoms with Crippen molar-refractivity contribution in [2.24, 2.45) is 0 Å². The van der Waals surface area contributed by atoms with E-state index in [0.29, 0.717) is 16.5 Å². The van der Waals surface area contributed by atoms with Gasteiger partial charge in [0.2, 0.25) is 0 Å². The lowest BCUT2D eigenvalue weighted by molar-refractivity contribution is -0.0586. The molecule has 0 unspecified atom stereocenters. The summed E-state index contributed by atoms with van der Waals surface area (Å²) in [4.78, 5) is 46.7. The molecule has 2 aliphatic rings. The lowest BCUT2D eigenvalue weighted by Gasteiger charge is -2.32. The van der Waals surface area contributed by atoms with Crippen molar-refractivity contribution in [2.45, 2.75) is 143 Å². The van der Waals surface area contributed by atoms with E-state index in [0.717, 1.165) is 106 Å². The van der Waals surface area contributed by atoms with Crippen LogP contribution >= 0.6 is 86.3 Å². The van der Waals surface area contributed by atoms with Gasteiger partial charge in [-0.2, -0.15) is 64.8 Å². The van der Waals surface area contributed by atoms with Gasteiger partial charge in [0.05, 0.1) is 27.9 Å². The molecule has 147 heavy (non-hydrogen) atoms. The number of hydrogen-bond acceptors (Lipinski definition) is 17. The number of phenolic OH excluding ortho intramolecular Hbond substituents is 1. The highest BCUT2D eigenvalue weighted by Gasteiger charge is 2.58. The standard InChI is InChI=1S/C19H17BrO.C19H15Br.C18H21BO3.C18H13BrO.C13H9F3O4S.C12H10O2.C6H4BrI.C4H10O.C2F6O5S2.CH4/c1-19(2,21)16-12-11-13-7-3-4-8-14(13)18(16)15-9-5-6-10-17(15)20;1-19(2)14-8-5-9-16(20)18(14)17-13-7-4-3-6-12(13)10-11-15(17)19;1-12(20)14-11-10-13-8-6-7-9-15(13)16(14)19-21-17(2,3)18(4,5)22-19;1-12(20)14-11-10-13-6-2-3-7-15(13)18(14)16-8-4-5-9-17(16)19;1-8(17)10-7-6-9-4-2-3-5-11(9)12(10)20-21(18,19)13(14,15)16;1-8(13)10-7-6-9-4-2-3-5-11(9)12(10)14;7-5-3-1-2-4-6(5)8;1-3-5-4-2;3-1(4,5)14(9,10)13-15(11,12)2(6,7)8;/h3-12,21H,1-2H3;3-11H,1-2H3;6-11H,1-5H3;2-11H,1H3;2-7H,1H3;2-7,14H,1H3;1-4H;3-4H2,1-2H3;;1H4. The van der Waals surface area contributed by atoms with E-state index in [2.05, 4.69) is 201 Å². The number of rotatable bonds is 14. The summed E-state index contributed by atoms with van der Waals surface area (Å²) in [5.74, 6) is -1.15. The number of aromatic hydroxyl groups is 1. The molecule has 772 valence electrons. The fourth-order valence-electron chi connectivity index (χ4n) is 15.7. The molecule has 1 heterocycles. The highest BCUT2D eigenvalue weighted by molar-refractivity contribution is 14.1. The van der Waals surface area contributed by atoms with Gasteiger partial charge in [0.25, 0.3) is 0 Å². The van der Waals surface area contributed by atoms with Gasteiger partial charge in [0.15, 0.2) is 28.9 Å². The molecule has 1 aliphatic carbocycles. The number of Topliss-reactive ketones (excluding diaryl/α,β-unsaturated/α-hetero) is 4. The number of hydrogen-bond donors (Lipinski definition) is 2. The first-order chi connectivity index (χ1) is 68.3. The topological polar surface area (TPSA) is 257 Å². The van der Waals surface area contributed by atoms with E-state index in [-0.39, 0.29) is 46.9 Å². The van der Waals surface area contributed by atoms with Crippen molar-refractivity contribution in [2.75, 3.05) is 13.2 Å². The smallest absolute Gasteiger partial charge is 0.507 e. The molecule has 2 N–H and O–H groups in total. The highest BCUT2D eigenvalue weighted by atomic mass is 127. The predicted molar refractivity (Wildman–Crippen MR) is 590 cm³/mol. The van der Waals surface area contributed by atoms with Crippen molar-refractivity contribution in [3.63, 3.8) is 0 Å². The fourth-order valence-corrected chi connectivity index (χ4v) is 20.0. The number of ketones is 4. The third-order valence-electron chi connectivity index (χ3n) is 23.6. The first-order valence-electron chi connectivity index (χ1n) is 44.8. The van der Waals surface area contributed by atoms with Crippen LogP contribution in [-0.4, -0.2) is 107 Å². The first kappa shape index (κ1) is 120. The van der Waals surface area contributed by atoms with Crippen molar-refractivity contribution in [1.29, 1.82) is 0 Å². The maximum atomic E-state index is 12.5. The molecule has 35 heteroatoms. The van der Waals surface area contributed by atoms with Crippen LogP contribution in [0.1, 0.15) is 162 Å². The van der Waals surface area contributed by atoms with Gasteiger partial charge < -0.3 is 28.4 Å². The van der Waals surface area contributed by atoms with Gasteiger partial charge in [-0.1, -0.05) is 336 Å². The zero-order valence-corrected chi connectivity index (χ0v) is 91.9. The Kier molecular flexibility index (Phi) is 40.4. The number of carbonyl (C=O) groups excluding carboxylic acids is 4.